The Morgan fingerprint density at radius 3 is 3.06 bits per heavy atom. The van der Waals surface area contributed by atoms with E-state index >= 15 is 0 Å². The molecule has 2 heterocycles. The zero-order valence-electron chi connectivity index (χ0n) is 9.04. The molecule has 0 amide bonds. The smallest absolute Gasteiger partial charge is 0.340 e. The molecule has 0 aliphatic carbocycles. The van der Waals surface area contributed by atoms with E-state index in [9.17, 15) is 4.79 Å². The third kappa shape index (κ3) is 2.56. The summed E-state index contributed by atoms with van der Waals surface area (Å²) >= 11 is 1.13. The number of carboxylic acid groups (broad SMARTS) is 1. The fourth-order valence-corrected chi connectivity index (χ4v) is 2.12. The molecule has 2 N–H and O–H groups in total. The minimum absolute atomic E-state index is 0.221. The highest BCUT2D eigenvalue weighted by molar-refractivity contribution is 7.10. The lowest BCUT2D eigenvalue weighted by molar-refractivity contribution is 0.0697. The SMILES string of the molecule is Cc1nsc(NCc2cccnn2)c1C(=O)O. The average Bonchev–Trinajstić information content (AvgIpc) is 2.69. The summed E-state index contributed by atoms with van der Waals surface area (Å²) in [5.74, 6) is -0.974. The Morgan fingerprint density at radius 2 is 2.41 bits per heavy atom. The van der Waals surface area contributed by atoms with Crippen LogP contribution in [0.5, 0.6) is 0 Å². The zero-order valence-corrected chi connectivity index (χ0v) is 9.86. The largest absolute Gasteiger partial charge is 0.478 e. The van der Waals surface area contributed by atoms with Gasteiger partial charge in [-0.2, -0.15) is 14.6 Å². The van der Waals surface area contributed by atoms with E-state index in [0.717, 1.165) is 17.2 Å². The number of aryl methyl sites for hydroxylation is 1. The molecule has 0 saturated carbocycles. The summed E-state index contributed by atoms with van der Waals surface area (Å²) in [6.07, 6.45) is 1.59. The maximum atomic E-state index is 11.0. The summed E-state index contributed by atoms with van der Waals surface area (Å²) in [7, 11) is 0. The van der Waals surface area contributed by atoms with Crippen molar-refractivity contribution in [2.75, 3.05) is 5.32 Å². The fourth-order valence-electron chi connectivity index (χ4n) is 1.34. The molecular weight excluding hydrogens is 240 g/mol. The molecule has 17 heavy (non-hydrogen) atoms. The van der Waals surface area contributed by atoms with Crippen LogP contribution in [0.1, 0.15) is 21.7 Å². The number of nitrogens with one attached hydrogen (secondary N) is 1. The first-order valence-electron chi connectivity index (χ1n) is 4.88. The molecule has 2 rings (SSSR count). The van der Waals surface area contributed by atoms with Crippen molar-refractivity contribution >= 4 is 22.5 Å². The Balaban J connectivity index is 2.12. The highest BCUT2D eigenvalue weighted by Gasteiger charge is 2.17. The molecule has 0 radical (unpaired) electrons. The highest BCUT2D eigenvalue weighted by Crippen LogP contribution is 2.24. The minimum Gasteiger partial charge on any atom is -0.478 e. The van der Waals surface area contributed by atoms with Gasteiger partial charge in [0, 0.05) is 6.20 Å². The third-order valence-corrected chi connectivity index (χ3v) is 3.03. The van der Waals surface area contributed by atoms with Crippen LogP contribution in [0.2, 0.25) is 0 Å². The van der Waals surface area contributed by atoms with E-state index in [1.807, 2.05) is 6.07 Å². The van der Waals surface area contributed by atoms with Crippen LogP contribution < -0.4 is 5.32 Å². The van der Waals surface area contributed by atoms with Crippen LogP contribution >= 0.6 is 11.5 Å². The van der Waals surface area contributed by atoms with Gasteiger partial charge in [-0.25, -0.2) is 4.79 Å². The van der Waals surface area contributed by atoms with Crippen molar-refractivity contribution in [3.63, 3.8) is 0 Å². The van der Waals surface area contributed by atoms with Crippen LogP contribution in [0, 0.1) is 6.92 Å². The Hall–Kier alpha value is -2.02. The van der Waals surface area contributed by atoms with Gasteiger partial charge < -0.3 is 10.4 Å². The molecule has 0 spiro atoms. The molecule has 7 heteroatoms. The van der Waals surface area contributed by atoms with E-state index in [0.29, 0.717) is 17.2 Å². The number of rotatable bonds is 4. The lowest BCUT2D eigenvalue weighted by Crippen LogP contribution is -2.06. The van der Waals surface area contributed by atoms with Gasteiger partial charge in [0.15, 0.2) is 0 Å². The van der Waals surface area contributed by atoms with Gasteiger partial charge in [0.1, 0.15) is 10.6 Å². The zero-order chi connectivity index (χ0) is 12.3. The summed E-state index contributed by atoms with van der Waals surface area (Å²) in [6, 6.07) is 3.59. The summed E-state index contributed by atoms with van der Waals surface area (Å²) in [6.45, 7) is 2.10. The van der Waals surface area contributed by atoms with Crippen LogP contribution in [-0.4, -0.2) is 25.6 Å². The molecule has 0 fully saturated rings. The second-order valence-corrected chi connectivity index (χ2v) is 4.12. The molecular formula is C10H10N4O2S. The van der Waals surface area contributed by atoms with Crippen molar-refractivity contribution in [2.45, 2.75) is 13.5 Å². The van der Waals surface area contributed by atoms with Gasteiger partial charge in [0.05, 0.1) is 17.9 Å². The monoisotopic (exact) mass is 250 g/mol. The summed E-state index contributed by atoms with van der Waals surface area (Å²) in [5, 5.41) is 20.2. The van der Waals surface area contributed by atoms with Crippen LogP contribution in [0.25, 0.3) is 0 Å². The molecule has 0 unspecified atom stereocenters. The molecule has 0 aliphatic rings. The molecule has 88 valence electrons. The number of aromatic carboxylic acids is 1. The quantitative estimate of drug-likeness (QED) is 0.856. The topological polar surface area (TPSA) is 88.0 Å². The molecule has 0 aromatic carbocycles. The normalized spacial score (nSPS) is 10.2. The number of nitrogens with zero attached hydrogens (tertiary/aromatic N) is 3. The molecule has 0 saturated heterocycles. The Kier molecular flexibility index (Phi) is 3.29. The maximum absolute atomic E-state index is 11.0. The average molecular weight is 250 g/mol. The summed E-state index contributed by atoms with van der Waals surface area (Å²) in [4.78, 5) is 11.0. The predicted molar refractivity (Wildman–Crippen MR) is 63.2 cm³/mol. The van der Waals surface area contributed by atoms with E-state index in [2.05, 4.69) is 19.9 Å². The first kappa shape index (κ1) is 11.5. The maximum Gasteiger partial charge on any atom is 0.340 e. The van der Waals surface area contributed by atoms with Gasteiger partial charge in [-0.15, -0.1) is 0 Å². The number of aromatic nitrogens is 3. The van der Waals surface area contributed by atoms with E-state index in [-0.39, 0.29) is 5.56 Å². The molecule has 2 aromatic rings. The van der Waals surface area contributed by atoms with Crippen molar-refractivity contribution in [1.29, 1.82) is 0 Å². The minimum atomic E-state index is -0.974. The first-order valence-corrected chi connectivity index (χ1v) is 5.66. The van der Waals surface area contributed by atoms with E-state index in [1.54, 1.807) is 19.2 Å². The van der Waals surface area contributed by atoms with Gasteiger partial charge in [0.25, 0.3) is 0 Å². The number of hydrogen-bond acceptors (Lipinski definition) is 6. The van der Waals surface area contributed by atoms with E-state index < -0.39 is 5.97 Å². The van der Waals surface area contributed by atoms with Gasteiger partial charge >= 0.3 is 5.97 Å². The molecule has 0 atom stereocenters. The van der Waals surface area contributed by atoms with Crippen LogP contribution in [0.15, 0.2) is 18.3 Å². The van der Waals surface area contributed by atoms with Crippen molar-refractivity contribution < 1.29 is 9.90 Å². The van der Waals surface area contributed by atoms with E-state index in [1.165, 1.54) is 0 Å². The summed E-state index contributed by atoms with van der Waals surface area (Å²) < 4.78 is 4.01. The second kappa shape index (κ2) is 4.88. The van der Waals surface area contributed by atoms with Crippen molar-refractivity contribution in [3.05, 3.63) is 35.3 Å². The Morgan fingerprint density at radius 1 is 1.59 bits per heavy atom. The van der Waals surface area contributed by atoms with Crippen molar-refractivity contribution in [2.24, 2.45) is 0 Å². The number of hydrogen-bond donors (Lipinski definition) is 2. The van der Waals surface area contributed by atoms with Gasteiger partial charge in [-0.3, -0.25) is 0 Å². The Labute approximate surface area is 101 Å². The van der Waals surface area contributed by atoms with Crippen LogP contribution in [0.4, 0.5) is 5.00 Å². The predicted octanol–water partition coefficient (Wildman–Crippen LogP) is 1.55. The van der Waals surface area contributed by atoms with Crippen molar-refractivity contribution in [3.8, 4) is 0 Å². The third-order valence-electron chi connectivity index (χ3n) is 2.13. The second-order valence-electron chi connectivity index (χ2n) is 3.35. The van der Waals surface area contributed by atoms with E-state index in [4.69, 9.17) is 5.11 Å². The lowest BCUT2D eigenvalue weighted by Gasteiger charge is -2.03. The summed E-state index contributed by atoms with van der Waals surface area (Å²) in [5.41, 5.74) is 1.48. The molecule has 0 bridgehead atoms. The van der Waals surface area contributed by atoms with Crippen LogP contribution in [-0.2, 0) is 6.54 Å². The van der Waals surface area contributed by atoms with Crippen molar-refractivity contribution in [1.82, 2.24) is 14.6 Å². The lowest BCUT2D eigenvalue weighted by atomic mass is 10.2. The first-order chi connectivity index (χ1) is 8.18. The van der Waals surface area contributed by atoms with Crippen LogP contribution in [0.3, 0.4) is 0 Å². The number of carboxylic acids is 1. The number of anilines is 1. The molecule has 2 aromatic heterocycles. The molecule has 6 nitrogen and oxygen atoms in total. The van der Waals surface area contributed by atoms with Gasteiger partial charge in [-0.1, -0.05) is 0 Å². The molecule has 0 aliphatic heterocycles. The Bertz CT molecular complexity index is 526. The van der Waals surface area contributed by atoms with Gasteiger partial charge in [-0.05, 0) is 30.6 Å². The highest BCUT2D eigenvalue weighted by atomic mass is 32.1. The fraction of sp³-hybridized carbons (Fsp3) is 0.200. The number of carbonyl (C=O) groups is 1. The van der Waals surface area contributed by atoms with Gasteiger partial charge in [0.2, 0.25) is 0 Å². The standard InChI is InChI=1S/C10H10N4O2S/c1-6-8(10(15)16)9(17-14-6)11-5-7-3-2-4-12-13-7/h2-4,11H,5H2,1H3,(H,15,16).